The molecule has 2 aromatic rings. The Labute approximate surface area is 135 Å². The van der Waals surface area contributed by atoms with Gasteiger partial charge in [0.1, 0.15) is 0 Å². The lowest BCUT2D eigenvalue weighted by Gasteiger charge is -2.05. The van der Waals surface area contributed by atoms with Crippen LogP contribution in [0, 0.1) is 13.8 Å². The normalized spacial score (nSPS) is 10.5. The third-order valence-electron chi connectivity index (χ3n) is 3.17. The summed E-state index contributed by atoms with van der Waals surface area (Å²) in [7, 11) is 0. The molecule has 1 amide bonds. The number of benzene rings is 2. The van der Waals surface area contributed by atoms with E-state index >= 15 is 0 Å². The van der Waals surface area contributed by atoms with Crippen LogP contribution in [0.4, 0.5) is 5.69 Å². The van der Waals surface area contributed by atoms with Gasteiger partial charge in [0.25, 0.3) is 5.91 Å². The quantitative estimate of drug-likeness (QED) is 0.679. The average Bonchev–Trinajstić information content (AvgIpc) is 2.54. The third kappa shape index (κ3) is 5.79. The number of esters is 1. The molecule has 0 radical (unpaired) electrons. The van der Waals surface area contributed by atoms with Gasteiger partial charge in [-0.2, -0.15) is 0 Å². The van der Waals surface area contributed by atoms with Gasteiger partial charge >= 0.3 is 5.97 Å². The maximum atomic E-state index is 11.7. The highest BCUT2D eigenvalue weighted by Gasteiger charge is 2.05. The van der Waals surface area contributed by atoms with Gasteiger partial charge in [0, 0.05) is 11.8 Å². The molecule has 0 unspecified atom stereocenters. The molecule has 0 atom stereocenters. The largest absolute Gasteiger partial charge is 0.452 e. The van der Waals surface area contributed by atoms with Gasteiger partial charge in [-0.3, -0.25) is 4.79 Å². The van der Waals surface area contributed by atoms with Gasteiger partial charge in [-0.1, -0.05) is 47.5 Å². The molecule has 0 heterocycles. The fraction of sp³-hybridized carbons (Fsp3) is 0.158. The Morgan fingerprint density at radius 1 is 0.957 bits per heavy atom. The Hall–Kier alpha value is -2.88. The lowest BCUT2D eigenvalue weighted by atomic mass is 10.1. The second-order valence-corrected chi connectivity index (χ2v) is 5.27. The second kappa shape index (κ2) is 7.94. The number of amides is 1. The first kappa shape index (κ1) is 16.5. The zero-order chi connectivity index (χ0) is 16.7. The van der Waals surface area contributed by atoms with Crippen molar-refractivity contribution in [3.05, 3.63) is 71.3 Å². The van der Waals surface area contributed by atoms with Gasteiger partial charge in [0.2, 0.25) is 0 Å². The summed E-state index contributed by atoms with van der Waals surface area (Å²) in [5.41, 5.74) is 3.83. The Balaban J connectivity index is 1.78. The Morgan fingerprint density at radius 3 is 2.13 bits per heavy atom. The minimum Gasteiger partial charge on any atom is -0.452 e. The maximum Gasteiger partial charge on any atom is 0.331 e. The molecule has 0 aliphatic rings. The van der Waals surface area contributed by atoms with E-state index in [9.17, 15) is 9.59 Å². The van der Waals surface area contributed by atoms with Crippen LogP contribution in [0.1, 0.15) is 16.7 Å². The molecular formula is C19H19NO3. The molecule has 2 aromatic carbocycles. The van der Waals surface area contributed by atoms with Crippen LogP contribution in [-0.2, 0) is 14.3 Å². The highest BCUT2D eigenvalue weighted by molar-refractivity contribution is 5.94. The molecule has 0 saturated heterocycles. The standard InChI is InChI=1S/C19H19NO3/c1-14-3-7-16(8-4-14)9-12-19(22)23-13-18(21)20-17-10-5-15(2)6-11-17/h3-12H,13H2,1-2H3,(H,20,21). The predicted molar refractivity (Wildman–Crippen MR) is 91.0 cm³/mol. The van der Waals surface area contributed by atoms with E-state index in [4.69, 9.17) is 4.74 Å². The van der Waals surface area contributed by atoms with E-state index in [1.807, 2.05) is 50.2 Å². The van der Waals surface area contributed by atoms with Crippen molar-refractivity contribution in [2.45, 2.75) is 13.8 Å². The molecule has 4 nitrogen and oxygen atoms in total. The van der Waals surface area contributed by atoms with Gasteiger partial charge in [-0.15, -0.1) is 0 Å². The first-order valence-corrected chi connectivity index (χ1v) is 7.31. The van der Waals surface area contributed by atoms with Crippen LogP contribution in [0.25, 0.3) is 6.08 Å². The van der Waals surface area contributed by atoms with E-state index in [1.54, 1.807) is 18.2 Å². The zero-order valence-corrected chi connectivity index (χ0v) is 13.2. The number of aryl methyl sites for hydroxylation is 2. The van der Waals surface area contributed by atoms with Crippen LogP contribution in [0.3, 0.4) is 0 Å². The van der Waals surface area contributed by atoms with Crippen LogP contribution in [-0.4, -0.2) is 18.5 Å². The summed E-state index contributed by atoms with van der Waals surface area (Å²) in [6.07, 6.45) is 2.96. The van der Waals surface area contributed by atoms with Gasteiger partial charge < -0.3 is 10.1 Å². The third-order valence-corrected chi connectivity index (χ3v) is 3.17. The molecule has 0 saturated carbocycles. The van der Waals surface area contributed by atoms with Crippen LogP contribution >= 0.6 is 0 Å². The number of carbonyl (C=O) groups excluding carboxylic acids is 2. The van der Waals surface area contributed by atoms with Crippen molar-refractivity contribution in [1.29, 1.82) is 0 Å². The number of anilines is 1. The Morgan fingerprint density at radius 2 is 1.52 bits per heavy atom. The fourth-order valence-corrected chi connectivity index (χ4v) is 1.86. The average molecular weight is 309 g/mol. The van der Waals surface area contributed by atoms with Gasteiger partial charge in [0.05, 0.1) is 0 Å². The van der Waals surface area contributed by atoms with Gasteiger partial charge in [0.15, 0.2) is 6.61 Å². The monoisotopic (exact) mass is 309 g/mol. The highest BCUT2D eigenvalue weighted by atomic mass is 16.5. The van der Waals surface area contributed by atoms with E-state index in [1.165, 1.54) is 6.08 Å². The van der Waals surface area contributed by atoms with Crippen molar-refractivity contribution in [1.82, 2.24) is 0 Å². The number of hydrogen-bond donors (Lipinski definition) is 1. The summed E-state index contributed by atoms with van der Waals surface area (Å²) in [6.45, 7) is 3.65. The smallest absolute Gasteiger partial charge is 0.331 e. The molecule has 0 spiro atoms. The number of hydrogen-bond acceptors (Lipinski definition) is 3. The molecule has 0 bridgehead atoms. The van der Waals surface area contributed by atoms with Crippen LogP contribution < -0.4 is 5.32 Å². The molecular weight excluding hydrogens is 290 g/mol. The van der Waals surface area contributed by atoms with Crippen molar-refractivity contribution in [3.63, 3.8) is 0 Å². The predicted octanol–water partition coefficient (Wildman–Crippen LogP) is 3.50. The summed E-state index contributed by atoms with van der Waals surface area (Å²) < 4.78 is 4.91. The number of rotatable bonds is 5. The lowest BCUT2D eigenvalue weighted by Crippen LogP contribution is -2.20. The number of ether oxygens (including phenoxy) is 1. The molecule has 2 rings (SSSR count). The summed E-state index contributed by atoms with van der Waals surface area (Å²) in [6, 6.07) is 15.1. The van der Waals surface area contributed by atoms with Crippen LogP contribution in [0.2, 0.25) is 0 Å². The van der Waals surface area contributed by atoms with Gasteiger partial charge in [-0.05, 0) is 37.6 Å². The molecule has 0 aromatic heterocycles. The molecule has 0 aliphatic carbocycles. The van der Waals surface area contributed by atoms with Crippen LogP contribution in [0.5, 0.6) is 0 Å². The Bertz CT molecular complexity index is 700. The SMILES string of the molecule is Cc1ccc(C=CC(=O)OCC(=O)Nc2ccc(C)cc2)cc1. The van der Waals surface area contributed by atoms with Crippen molar-refractivity contribution >= 4 is 23.6 Å². The summed E-state index contributed by atoms with van der Waals surface area (Å²) in [5, 5.41) is 2.66. The van der Waals surface area contributed by atoms with E-state index in [-0.39, 0.29) is 12.5 Å². The zero-order valence-electron chi connectivity index (χ0n) is 13.2. The maximum absolute atomic E-state index is 11.7. The van der Waals surface area contributed by atoms with Crippen molar-refractivity contribution in [2.75, 3.05) is 11.9 Å². The van der Waals surface area contributed by atoms with Crippen molar-refractivity contribution < 1.29 is 14.3 Å². The number of carbonyl (C=O) groups is 2. The van der Waals surface area contributed by atoms with E-state index < -0.39 is 5.97 Å². The molecule has 0 aliphatic heterocycles. The molecule has 1 N–H and O–H groups in total. The van der Waals surface area contributed by atoms with Crippen molar-refractivity contribution in [3.8, 4) is 0 Å². The highest BCUT2D eigenvalue weighted by Crippen LogP contribution is 2.08. The summed E-state index contributed by atoms with van der Waals surface area (Å²) in [4.78, 5) is 23.3. The van der Waals surface area contributed by atoms with Crippen LogP contribution in [0.15, 0.2) is 54.6 Å². The number of nitrogens with one attached hydrogen (secondary N) is 1. The topological polar surface area (TPSA) is 55.4 Å². The van der Waals surface area contributed by atoms with E-state index in [0.29, 0.717) is 5.69 Å². The van der Waals surface area contributed by atoms with E-state index in [2.05, 4.69) is 5.32 Å². The lowest BCUT2D eigenvalue weighted by molar-refractivity contribution is -0.142. The fourth-order valence-electron chi connectivity index (χ4n) is 1.86. The summed E-state index contributed by atoms with van der Waals surface area (Å²) >= 11 is 0. The second-order valence-electron chi connectivity index (χ2n) is 5.27. The molecule has 4 heteroatoms. The first-order valence-electron chi connectivity index (χ1n) is 7.31. The first-order chi connectivity index (χ1) is 11.0. The Kier molecular flexibility index (Phi) is 5.69. The minimum atomic E-state index is -0.551. The molecule has 23 heavy (non-hydrogen) atoms. The molecule has 118 valence electrons. The van der Waals surface area contributed by atoms with Crippen molar-refractivity contribution in [2.24, 2.45) is 0 Å². The minimum absolute atomic E-state index is 0.315. The van der Waals surface area contributed by atoms with E-state index in [0.717, 1.165) is 16.7 Å². The van der Waals surface area contributed by atoms with Gasteiger partial charge in [-0.25, -0.2) is 4.79 Å². The summed E-state index contributed by atoms with van der Waals surface area (Å²) in [5.74, 6) is -0.921. The molecule has 0 fully saturated rings.